The van der Waals surface area contributed by atoms with E-state index in [1.165, 1.54) is 10.9 Å². The zero-order chi connectivity index (χ0) is 22.5. The first-order valence-corrected chi connectivity index (χ1v) is 12.3. The molecule has 7 heteroatoms. The molecule has 2 heterocycles. The summed E-state index contributed by atoms with van der Waals surface area (Å²) in [6, 6.07) is 14.4. The van der Waals surface area contributed by atoms with Crippen molar-refractivity contribution in [1.82, 2.24) is 15.3 Å². The number of aromatic nitrogens is 2. The zero-order valence-corrected chi connectivity index (χ0v) is 20.8. The van der Waals surface area contributed by atoms with Gasteiger partial charge in [0.2, 0.25) is 0 Å². The van der Waals surface area contributed by atoms with Gasteiger partial charge in [-0.3, -0.25) is 0 Å². The fourth-order valence-corrected chi connectivity index (χ4v) is 4.61. The van der Waals surface area contributed by atoms with Crippen molar-refractivity contribution < 1.29 is 9.47 Å². The Balaban J connectivity index is 1.53. The summed E-state index contributed by atoms with van der Waals surface area (Å²) in [7, 11) is 0. The molecule has 0 aliphatic carbocycles. The summed E-state index contributed by atoms with van der Waals surface area (Å²) in [5.41, 5.74) is 5.58. The van der Waals surface area contributed by atoms with Crippen LogP contribution in [0.3, 0.4) is 0 Å². The molecule has 0 spiro atoms. The molecule has 170 valence electrons. The molecule has 0 unspecified atom stereocenters. The van der Waals surface area contributed by atoms with Crippen LogP contribution >= 0.6 is 27.5 Å². The van der Waals surface area contributed by atoms with Crippen molar-refractivity contribution in [2.24, 2.45) is 0 Å². The Kier molecular flexibility index (Phi) is 7.92. The van der Waals surface area contributed by atoms with Crippen LogP contribution in [-0.4, -0.2) is 36.0 Å². The summed E-state index contributed by atoms with van der Waals surface area (Å²) in [6.07, 6.45) is 1.75. The van der Waals surface area contributed by atoms with Crippen LogP contribution in [0.15, 0.2) is 46.9 Å². The predicted octanol–water partition coefficient (Wildman–Crippen LogP) is 7.00. The van der Waals surface area contributed by atoms with Crippen molar-refractivity contribution in [3.63, 3.8) is 0 Å². The Hall–Kier alpha value is -1.83. The standard InChI is InChI=1S/C25H29BrClN3O2/c1-3-31-24(32-4-2)6-5-11-28-15-20-19-9-7-17(26)14-22(19)30-25(20)23-13-16-12-18(27)8-10-21(16)29-23/h7-10,12-14,24,28-30H,3-6,11,15H2,1-2H3. The van der Waals surface area contributed by atoms with E-state index in [4.69, 9.17) is 21.1 Å². The maximum atomic E-state index is 6.19. The SMILES string of the molecule is CCOC(CCCNCc1c(-c2cc3cc(Cl)ccc3[nH]2)[nH]c2cc(Br)ccc12)OCC. The van der Waals surface area contributed by atoms with Crippen molar-refractivity contribution in [3.05, 3.63) is 57.5 Å². The molecule has 0 atom stereocenters. The third-order valence-corrected chi connectivity index (χ3v) is 6.25. The maximum Gasteiger partial charge on any atom is 0.157 e. The van der Waals surface area contributed by atoms with Gasteiger partial charge in [0.25, 0.3) is 0 Å². The van der Waals surface area contributed by atoms with E-state index in [0.717, 1.165) is 63.2 Å². The molecule has 5 nitrogen and oxygen atoms in total. The van der Waals surface area contributed by atoms with E-state index in [2.05, 4.69) is 55.5 Å². The minimum absolute atomic E-state index is 0.119. The quantitative estimate of drug-likeness (QED) is 0.148. The third kappa shape index (κ3) is 5.38. The van der Waals surface area contributed by atoms with Gasteiger partial charge in [0.1, 0.15) is 0 Å². The first-order valence-electron chi connectivity index (χ1n) is 11.1. The number of aromatic amines is 2. The van der Waals surface area contributed by atoms with Crippen LogP contribution in [0.1, 0.15) is 32.3 Å². The molecule has 3 N–H and O–H groups in total. The second-order valence-corrected chi connectivity index (χ2v) is 9.09. The van der Waals surface area contributed by atoms with Gasteiger partial charge in [0.05, 0.1) is 11.4 Å². The molecular weight excluding hydrogens is 490 g/mol. The topological polar surface area (TPSA) is 62.1 Å². The number of ether oxygens (including phenoxy) is 2. The molecule has 2 aromatic heterocycles. The van der Waals surface area contributed by atoms with Gasteiger partial charge in [-0.2, -0.15) is 0 Å². The van der Waals surface area contributed by atoms with Gasteiger partial charge in [-0.25, -0.2) is 0 Å². The summed E-state index contributed by atoms with van der Waals surface area (Å²) in [6.45, 7) is 6.99. The van der Waals surface area contributed by atoms with E-state index in [9.17, 15) is 0 Å². The van der Waals surface area contributed by atoms with E-state index in [1.807, 2.05) is 32.0 Å². The Morgan fingerprint density at radius 3 is 2.59 bits per heavy atom. The summed E-state index contributed by atoms with van der Waals surface area (Å²) < 4.78 is 12.3. The number of fused-ring (bicyclic) bond motifs is 2. The first-order chi connectivity index (χ1) is 15.6. The normalized spacial score (nSPS) is 11.9. The van der Waals surface area contributed by atoms with E-state index < -0.39 is 0 Å². The lowest BCUT2D eigenvalue weighted by atomic mass is 10.1. The van der Waals surface area contributed by atoms with Gasteiger partial charge in [0.15, 0.2) is 6.29 Å². The Morgan fingerprint density at radius 1 is 1.00 bits per heavy atom. The van der Waals surface area contributed by atoms with Crippen LogP contribution in [0, 0.1) is 0 Å². The molecule has 0 bridgehead atoms. The van der Waals surface area contributed by atoms with Crippen molar-refractivity contribution >= 4 is 49.3 Å². The molecular formula is C25H29BrClN3O2. The molecule has 0 aliphatic heterocycles. The summed E-state index contributed by atoms with van der Waals surface area (Å²) in [5.74, 6) is 0. The second-order valence-electron chi connectivity index (χ2n) is 7.74. The molecule has 2 aromatic carbocycles. The average molecular weight is 519 g/mol. The summed E-state index contributed by atoms with van der Waals surface area (Å²) in [5, 5.41) is 6.67. The lowest BCUT2D eigenvalue weighted by molar-refractivity contribution is -0.139. The molecule has 0 fully saturated rings. The fourth-order valence-electron chi connectivity index (χ4n) is 4.07. The van der Waals surface area contributed by atoms with Gasteiger partial charge in [0, 0.05) is 56.6 Å². The lowest BCUT2D eigenvalue weighted by Crippen LogP contribution is -2.21. The Labute approximate surface area is 202 Å². The Morgan fingerprint density at radius 2 is 1.81 bits per heavy atom. The molecule has 0 saturated carbocycles. The van der Waals surface area contributed by atoms with Crippen LogP contribution in [0.25, 0.3) is 33.2 Å². The molecule has 0 amide bonds. The third-order valence-electron chi connectivity index (χ3n) is 5.52. The van der Waals surface area contributed by atoms with Crippen LogP contribution in [-0.2, 0) is 16.0 Å². The van der Waals surface area contributed by atoms with Crippen molar-refractivity contribution in [3.8, 4) is 11.4 Å². The van der Waals surface area contributed by atoms with Crippen LogP contribution in [0.2, 0.25) is 5.02 Å². The minimum atomic E-state index is -0.119. The predicted molar refractivity (Wildman–Crippen MR) is 136 cm³/mol. The Bertz CT molecular complexity index is 1180. The highest BCUT2D eigenvalue weighted by Gasteiger charge is 2.16. The highest BCUT2D eigenvalue weighted by molar-refractivity contribution is 9.10. The van der Waals surface area contributed by atoms with Crippen molar-refractivity contribution in [1.29, 1.82) is 0 Å². The number of hydrogen-bond acceptors (Lipinski definition) is 3. The largest absolute Gasteiger partial charge is 0.353 e. The number of benzene rings is 2. The van der Waals surface area contributed by atoms with Crippen molar-refractivity contribution in [2.75, 3.05) is 19.8 Å². The van der Waals surface area contributed by atoms with Gasteiger partial charge >= 0.3 is 0 Å². The van der Waals surface area contributed by atoms with Crippen LogP contribution < -0.4 is 5.32 Å². The van der Waals surface area contributed by atoms with Gasteiger partial charge in [-0.15, -0.1) is 0 Å². The number of halogens is 2. The zero-order valence-electron chi connectivity index (χ0n) is 18.4. The van der Waals surface area contributed by atoms with E-state index >= 15 is 0 Å². The van der Waals surface area contributed by atoms with Gasteiger partial charge in [-0.05, 0) is 69.6 Å². The minimum Gasteiger partial charge on any atom is -0.353 e. The van der Waals surface area contributed by atoms with Crippen LogP contribution in [0.4, 0.5) is 0 Å². The van der Waals surface area contributed by atoms with Gasteiger partial charge < -0.3 is 24.8 Å². The number of hydrogen-bond donors (Lipinski definition) is 3. The summed E-state index contributed by atoms with van der Waals surface area (Å²) in [4.78, 5) is 7.15. The molecule has 32 heavy (non-hydrogen) atoms. The smallest absolute Gasteiger partial charge is 0.157 e. The maximum absolute atomic E-state index is 6.19. The second kappa shape index (κ2) is 10.9. The van der Waals surface area contributed by atoms with Crippen molar-refractivity contribution in [2.45, 2.75) is 39.5 Å². The fraction of sp³-hybridized carbons (Fsp3) is 0.360. The highest BCUT2D eigenvalue weighted by atomic mass is 79.9. The van der Waals surface area contributed by atoms with Crippen LogP contribution in [0.5, 0.6) is 0 Å². The number of H-pyrrole nitrogens is 2. The monoisotopic (exact) mass is 517 g/mol. The summed E-state index contributed by atoms with van der Waals surface area (Å²) >= 11 is 9.78. The molecule has 0 saturated heterocycles. The number of nitrogens with one attached hydrogen (secondary N) is 3. The lowest BCUT2D eigenvalue weighted by Gasteiger charge is -2.16. The molecule has 4 aromatic rings. The average Bonchev–Trinajstić information content (AvgIpc) is 3.34. The van der Waals surface area contributed by atoms with Gasteiger partial charge in [-0.1, -0.05) is 33.6 Å². The molecule has 0 radical (unpaired) electrons. The molecule has 4 rings (SSSR count). The van der Waals surface area contributed by atoms with E-state index in [1.54, 1.807) is 0 Å². The van der Waals surface area contributed by atoms with E-state index in [-0.39, 0.29) is 6.29 Å². The number of rotatable bonds is 11. The van der Waals surface area contributed by atoms with E-state index in [0.29, 0.717) is 13.2 Å². The molecule has 0 aliphatic rings. The first kappa shape index (κ1) is 23.3. The highest BCUT2D eigenvalue weighted by Crippen LogP contribution is 2.33.